The Morgan fingerprint density at radius 1 is 1.20 bits per heavy atom. The molecule has 1 N–H and O–H groups in total. The minimum Gasteiger partial charge on any atom is -0.507 e. The third-order valence-electron chi connectivity index (χ3n) is 4.27. The van der Waals surface area contributed by atoms with Crippen LogP contribution in [0.3, 0.4) is 0 Å². The molecule has 1 saturated heterocycles. The minimum absolute atomic E-state index is 0.0658. The highest BCUT2D eigenvalue weighted by Crippen LogP contribution is 2.23. The number of hydrogen-bond acceptors (Lipinski definition) is 4. The molecule has 0 unspecified atom stereocenters. The van der Waals surface area contributed by atoms with Crippen LogP contribution in [0.1, 0.15) is 15.9 Å². The predicted octanol–water partition coefficient (Wildman–Crippen LogP) is 3.15. The molecule has 0 bridgehead atoms. The number of morpholine rings is 1. The Labute approximate surface area is 152 Å². The molecular formula is C19H21ClN2O3. The van der Waals surface area contributed by atoms with Crippen molar-refractivity contribution in [2.24, 2.45) is 0 Å². The number of rotatable bonds is 4. The van der Waals surface area contributed by atoms with Gasteiger partial charge < -0.3 is 19.6 Å². The van der Waals surface area contributed by atoms with Crippen molar-refractivity contribution in [2.75, 3.05) is 38.3 Å². The van der Waals surface area contributed by atoms with Gasteiger partial charge in [-0.05, 0) is 35.9 Å². The molecular weight excluding hydrogens is 340 g/mol. The van der Waals surface area contributed by atoms with Crippen molar-refractivity contribution in [3.05, 3.63) is 58.6 Å². The number of hydrogen-bond donors (Lipinski definition) is 1. The Morgan fingerprint density at radius 3 is 2.56 bits per heavy atom. The zero-order valence-electron chi connectivity index (χ0n) is 14.1. The zero-order valence-corrected chi connectivity index (χ0v) is 14.9. The average molecular weight is 361 g/mol. The monoisotopic (exact) mass is 360 g/mol. The molecule has 3 rings (SSSR count). The van der Waals surface area contributed by atoms with Gasteiger partial charge in [0.1, 0.15) is 5.75 Å². The largest absolute Gasteiger partial charge is 0.507 e. The molecule has 2 aromatic carbocycles. The van der Waals surface area contributed by atoms with E-state index in [1.54, 1.807) is 18.0 Å². The van der Waals surface area contributed by atoms with Crippen molar-refractivity contribution in [3.8, 4) is 5.75 Å². The van der Waals surface area contributed by atoms with Gasteiger partial charge >= 0.3 is 0 Å². The maximum atomic E-state index is 12.5. The highest BCUT2D eigenvalue weighted by atomic mass is 35.5. The highest BCUT2D eigenvalue weighted by molar-refractivity contribution is 6.31. The van der Waals surface area contributed by atoms with E-state index >= 15 is 0 Å². The number of carbonyl (C=O) groups excluding carboxylic acids is 1. The lowest BCUT2D eigenvalue weighted by Crippen LogP contribution is -2.36. The molecule has 1 heterocycles. The summed E-state index contributed by atoms with van der Waals surface area (Å²) < 4.78 is 5.37. The maximum absolute atomic E-state index is 12.5. The molecule has 1 aliphatic heterocycles. The van der Waals surface area contributed by atoms with Gasteiger partial charge in [0.25, 0.3) is 5.91 Å². The van der Waals surface area contributed by atoms with Gasteiger partial charge in [-0.1, -0.05) is 23.7 Å². The highest BCUT2D eigenvalue weighted by Gasteiger charge is 2.17. The van der Waals surface area contributed by atoms with Gasteiger partial charge in [-0.25, -0.2) is 0 Å². The van der Waals surface area contributed by atoms with E-state index in [2.05, 4.69) is 17.0 Å². The van der Waals surface area contributed by atoms with Gasteiger partial charge in [0.05, 0.1) is 18.8 Å². The van der Waals surface area contributed by atoms with Gasteiger partial charge in [0.2, 0.25) is 0 Å². The summed E-state index contributed by atoms with van der Waals surface area (Å²) in [6.07, 6.45) is 0. The fraction of sp³-hybridized carbons (Fsp3) is 0.316. The van der Waals surface area contributed by atoms with Crippen LogP contribution in [0.25, 0.3) is 0 Å². The van der Waals surface area contributed by atoms with Crippen molar-refractivity contribution in [2.45, 2.75) is 6.54 Å². The van der Waals surface area contributed by atoms with Crippen LogP contribution >= 0.6 is 11.6 Å². The first-order chi connectivity index (χ1) is 12.0. The van der Waals surface area contributed by atoms with E-state index in [-0.39, 0.29) is 17.2 Å². The minimum atomic E-state index is -0.266. The Hall–Kier alpha value is -2.24. The van der Waals surface area contributed by atoms with Crippen molar-refractivity contribution >= 4 is 23.2 Å². The molecule has 0 saturated carbocycles. The summed E-state index contributed by atoms with van der Waals surface area (Å²) in [5.74, 6) is -0.332. The first kappa shape index (κ1) is 17.6. The molecule has 0 aliphatic carbocycles. The van der Waals surface area contributed by atoms with Crippen LogP contribution in [0, 0.1) is 0 Å². The average Bonchev–Trinajstić information content (AvgIpc) is 2.64. The van der Waals surface area contributed by atoms with E-state index < -0.39 is 0 Å². The molecule has 0 radical (unpaired) electrons. The third-order valence-corrected chi connectivity index (χ3v) is 4.50. The third kappa shape index (κ3) is 4.24. The summed E-state index contributed by atoms with van der Waals surface area (Å²) in [6, 6.07) is 12.6. The summed E-state index contributed by atoms with van der Waals surface area (Å²) >= 11 is 5.92. The predicted molar refractivity (Wildman–Crippen MR) is 98.4 cm³/mol. The summed E-state index contributed by atoms with van der Waals surface area (Å²) in [4.78, 5) is 16.4. The number of benzene rings is 2. The molecule has 0 aromatic heterocycles. The van der Waals surface area contributed by atoms with Crippen LogP contribution in [0.15, 0.2) is 42.5 Å². The van der Waals surface area contributed by atoms with Crippen LogP contribution in [-0.4, -0.2) is 49.3 Å². The molecule has 1 amide bonds. The van der Waals surface area contributed by atoms with E-state index in [1.807, 2.05) is 12.1 Å². The van der Waals surface area contributed by atoms with Gasteiger partial charge in [0.15, 0.2) is 0 Å². The quantitative estimate of drug-likeness (QED) is 0.910. The molecule has 2 aromatic rings. The van der Waals surface area contributed by atoms with Gasteiger partial charge in [-0.2, -0.15) is 0 Å². The lowest BCUT2D eigenvalue weighted by atomic mass is 10.1. The number of nitrogens with zero attached hydrogens (tertiary/aromatic N) is 2. The number of ether oxygens (including phenoxy) is 1. The van der Waals surface area contributed by atoms with Gasteiger partial charge in [0, 0.05) is 37.4 Å². The van der Waals surface area contributed by atoms with E-state index in [9.17, 15) is 9.90 Å². The Kier molecular flexibility index (Phi) is 5.46. The number of carbonyl (C=O) groups is 1. The Bertz CT molecular complexity index is 743. The van der Waals surface area contributed by atoms with Gasteiger partial charge in [-0.3, -0.25) is 4.79 Å². The van der Waals surface area contributed by atoms with E-state index in [0.717, 1.165) is 37.6 Å². The zero-order chi connectivity index (χ0) is 17.8. The summed E-state index contributed by atoms with van der Waals surface area (Å²) in [6.45, 7) is 3.75. The van der Waals surface area contributed by atoms with Crippen LogP contribution in [0.5, 0.6) is 5.75 Å². The number of phenolic OH excluding ortho intramolecular Hbond substituents is 1. The molecule has 5 nitrogen and oxygen atoms in total. The topological polar surface area (TPSA) is 53.0 Å². The van der Waals surface area contributed by atoms with Crippen molar-refractivity contribution in [3.63, 3.8) is 0 Å². The fourth-order valence-electron chi connectivity index (χ4n) is 2.86. The smallest absolute Gasteiger partial charge is 0.257 e. The first-order valence-corrected chi connectivity index (χ1v) is 8.58. The Morgan fingerprint density at radius 2 is 1.88 bits per heavy atom. The lowest BCUT2D eigenvalue weighted by molar-refractivity contribution is 0.0782. The van der Waals surface area contributed by atoms with Crippen LogP contribution in [0.2, 0.25) is 5.02 Å². The first-order valence-electron chi connectivity index (χ1n) is 8.20. The molecule has 0 atom stereocenters. The number of aromatic hydroxyl groups is 1. The van der Waals surface area contributed by atoms with Crippen molar-refractivity contribution in [1.82, 2.24) is 4.90 Å². The summed E-state index contributed by atoms with van der Waals surface area (Å²) in [7, 11) is 1.71. The number of phenols is 1. The molecule has 1 aliphatic rings. The van der Waals surface area contributed by atoms with E-state index in [0.29, 0.717) is 11.6 Å². The normalized spacial score (nSPS) is 14.4. The molecule has 25 heavy (non-hydrogen) atoms. The number of anilines is 1. The van der Waals surface area contributed by atoms with Crippen molar-refractivity contribution < 1.29 is 14.6 Å². The summed E-state index contributed by atoms with van der Waals surface area (Å²) in [5.41, 5.74) is 2.39. The van der Waals surface area contributed by atoms with Crippen LogP contribution in [0.4, 0.5) is 5.69 Å². The lowest BCUT2D eigenvalue weighted by Gasteiger charge is -2.29. The van der Waals surface area contributed by atoms with E-state index in [4.69, 9.17) is 16.3 Å². The standard InChI is InChI=1S/C19H21ClN2O3/c1-21(19(24)17-12-15(20)4-7-18(17)23)13-14-2-5-16(6-3-14)22-8-10-25-11-9-22/h2-7,12,23H,8-11,13H2,1H3. The second-order valence-electron chi connectivity index (χ2n) is 6.09. The maximum Gasteiger partial charge on any atom is 0.257 e. The SMILES string of the molecule is CN(Cc1ccc(N2CCOCC2)cc1)C(=O)c1cc(Cl)ccc1O. The van der Waals surface area contributed by atoms with Crippen LogP contribution in [-0.2, 0) is 11.3 Å². The molecule has 132 valence electrons. The summed E-state index contributed by atoms with van der Waals surface area (Å²) in [5, 5.41) is 10.3. The Balaban J connectivity index is 1.67. The van der Waals surface area contributed by atoms with Gasteiger partial charge in [-0.15, -0.1) is 0 Å². The van der Waals surface area contributed by atoms with Crippen molar-refractivity contribution in [1.29, 1.82) is 0 Å². The number of amides is 1. The van der Waals surface area contributed by atoms with E-state index in [1.165, 1.54) is 12.1 Å². The fourth-order valence-corrected chi connectivity index (χ4v) is 3.04. The number of halogens is 1. The second kappa shape index (κ2) is 7.76. The molecule has 1 fully saturated rings. The second-order valence-corrected chi connectivity index (χ2v) is 6.52. The van der Waals surface area contributed by atoms with Crippen LogP contribution < -0.4 is 4.90 Å². The molecule has 6 heteroatoms. The molecule has 0 spiro atoms.